The van der Waals surface area contributed by atoms with Crippen LogP contribution in [0.5, 0.6) is 5.75 Å². The molecule has 2 heterocycles. The lowest BCUT2D eigenvalue weighted by Crippen LogP contribution is -2.37. The van der Waals surface area contributed by atoms with Crippen LogP contribution in [-0.2, 0) is 11.3 Å². The highest BCUT2D eigenvalue weighted by Gasteiger charge is 2.15. The van der Waals surface area contributed by atoms with Crippen molar-refractivity contribution in [2.24, 2.45) is 0 Å². The van der Waals surface area contributed by atoms with E-state index in [1.165, 1.54) is 7.11 Å². The molecule has 7 nitrogen and oxygen atoms in total. The number of carbonyl (C=O) groups excluding carboxylic acids is 1. The molecule has 1 aromatic carbocycles. The van der Waals surface area contributed by atoms with E-state index in [9.17, 15) is 4.79 Å². The van der Waals surface area contributed by atoms with Gasteiger partial charge in [-0.25, -0.2) is 9.97 Å². The number of ether oxygens (including phenoxy) is 2. The van der Waals surface area contributed by atoms with Gasteiger partial charge in [0.2, 0.25) is 5.95 Å². The molecule has 1 amide bonds. The fourth-order valence-electron chi connectivity index (χ4n) is 2.52. The molecule has 0 aliphatic carbocycles. The Bertz CT molecular complexity index is 750. The number of methoxy groups -OCH3 is 1. The van der Waals surface area contributed by atoms with Crippen LogP contribution in [0.2, 0.25) is 5.02 Å². The van der Waals surface area contributed by atoms with Crippen LogP contribution in [0.1, 0.15) is 16.1 Å². The number of nitrogens with one attached hydrogen (secondary N) is 1. The van der Waals surface area contributed by atoms with Crippen LogP contribution < -0.4 is 15.0 Å². The van der Waals surface area contributed by atoms with Crippen LogP contribution in [0.25, 0.3) is 0 Å². The predicted octanol–water partition coefficient (Wildman–Crippen LogP) is 1.91. The molecular formula is C17H19ClN4O3. The van der Waals surface area contributed by atoms with E-state index in [2.05, 4.69) is 20.2 Å². The lowest BCUT2D eigenvalue weighted by molar-refractivity contribution is 0.0947. The smallest absolute Gasteiger partial charge is 0.255 e. The summed E-state index contributed by atoms with van der Waals surface area (Å²) in [4.78, 5) is 23.3. The third kappa shape index (κ3) is 4.37. The van der Waals surface area contributed by atoms with Gasteiger partial charge in [-0.3, -0.25) is 4.79 Å². The lowest BCUT2D eigenvalue weighted by atomic mass is 10.2. The molecular weight excluding hydrogens is 344 g/mol. The number of aromatic nitrogens is 2. The molecule has 8 heteroatoms. The Morgan fingerprint density at radius 1 is 1.36 bits per heavy atom. The summed E-state index contributed by atoms with van der Waals surface area (Å²) in [7, 11) is 1.51. The van der Waals surface area contributed by atoms with Gasteiger partial charge in [0.05, 0.1) is 38.1 Å². The highest BCUT2D eigenvalue weighted by atomic mass is 35.5. The fourth-order valence-corrected chi connectivity index (χ4v) is 2.69. The molecule has 1 aliphatic heterocycles. The first-order valence-electron chi connectivity index (χ1n) is 7.94. The molecule has 0 spiro atoms. The number of morpholine rings is 1. The maximum absolute atomic E-state index is 12.4. The highest BCUT2D eigenvalue weighted by Crippen LogP contribution is 2.22. The number of hydrogen-bond donors (Lipinski definition) is 1. The second-order valence-electron chi connectivity index (χ2n) is 5.47. The van der Waals surface area contributed by atoms with Gasteiger partial charge < -0.3 is 19.7 Å². The molecule has 0 radical (unpaired) electrons. The first kappa shape index (κ1) is 17.4. The average Bonchev–Trinajstić information content (AvgIpc) is 2.67. The molecule has 1 fully saturated rings. The van der Waals surface area contributed by atoms with Gasteiger partial charge in [-0.2, -0.15) is 0 Å². The van der Waals surface area contributed by atoms with Gasteiger partial charge in [-0.05, 0) is 24.3 Å². The van der Waals surface area contributed by atoms with Crippen LogP contribution in [0, 0.1) is 0 Å². The van der Waals surface area contributed by atoms with Gasteiger partial charge in [0, 0.05) is 24.3 Å². The quantitative estimate of drug-likeness (QED) is 0.875. The summed E-state index contributed by atoms with van der Waals surface area (Å²) in [5, 5.41) is 3.31. The summed E-state index contributed by atoms with van der Waals surface area (Å²) in [6.45, 7) is 3.14. The zero-order chi connectivity index (χ0) is 17.6. The van der Waals surface area contributed by atoms with Crippen molar-refractivity contribution >= 4 is 23.5 Å². The first-order valence-corrected chi connectivity index (χ1v) is 8.31. The Balaban J connectivity index is 1.67. The summed E-state index contributed by atoms with van der Waals surface area (Å²) in [6, 6.07) is 6.70. The van der Waals surface area contributed by atoms with E-state index in [1.807, 2.05) is 0 Å². The number of carbonyl (C=O) groups is 1. The SMILES string of the molecule is COc1ccc(Cl)cc1C(=O)NCc1ccnc(N2CCOCC2)n1. The summed E-state index contributed by atoms with van der Waals surface area (Å²) in [5.74, 6) is 0.847. The molecule has 0 atom stereocenters. The number of anilines is 1. The molecule has 1 aromatic heterocycles. The summed E-state index contributed by atoms with van der Waals surface area (Å²) >= 11 is 5.97. The van der Waals surface area contributed by atoms with Crippen LogP contribution in [0.15, 0.2) is 30.5 Å². The summed E-state index contributed by atoms with van der Waals surface area (Å²) < 4.78 is 10.5. The number of hydrogen-bond acceptors (Lipinski definition) is 6. The number of halogens is 1. The second-order valence-corrected chi connectivity index (χ2v) is 5.91. The Labute approximate surface area is 150 Å². The van der Waals surface area contributed by atoms with E-state index in [0.29, 0.717) is 35.5 Å². The van der Waals surface area contributed by atoms with Crippen molar-refractivity contribution in [3.63, 3.8) is 0 Å². The van der Waals surface area contributed by atoms with E-state index < -0.39 is 0 Å². The van der Waals surface area contributed by atoms with E-state index >= 15 is 0 Å². The van der Waals surface area contributed by atoms with Crippen molar-refractivity contribution in [1.82, 2.24) is 15.3 Å². The Hall–Kier alpha value is -2.38. The molecule has 2 aromatic rings. The van der Waals surface area contributed by atoms with Gasteiger partial charge in [-0.1, -0.05) is 11.6 Å². The van der Waals surface area contributed by atoms with Crippen molar-refractivity contribution in [2.75, 3.05) is 38.3 Å². The average molecular weight is 363 g/mol. The minimum Gasteiger partial charge on any atom is -0.496 e. The maximum Gasteiger partial charge on any atom is 0.255 e. The minimum atomic E-state index is -0.272. The largest absolute Gasteiger partial charge is 0.496 e. The third-order valence-corrected chi connectivity index (χ3v) is 4.07. The third-order valence-electron chi connectivity index (χ3n) is 3.83. The van der Waals surface area contributed by atoms with E-state index in [0.717, 1.165) is 18.8 Å². The summed E-state index contributed by atoms with van der Waals surface area (Å²) in [6.07, 6.45) is 1.69. The van der Waals surface area contributed by atoms with Gasteiger partial charge >= 0.3 is 0 Å². The zero-order valence-electron chi connectivity index (χ0n) is 13.9. The van der Waals surface area contributed by atoms with Gasteiger partial charge in [-0.15, -0.1) is 0 Å². The molecule has 1 aliphatic rings. The standard InChI is InChI=1S/C17H19ClN4O3/c1-24-15-3-2-12(18)10-14(15)16(23)20-11-13-4-5-19-17(21-13)22-6-8-25-9-7-22/h2-5,10H,6-9,11H2,1H3,(H,20,23). The number of benzene rings is 1. The molecule has 0 bridgehead atoms. The van der Waals surface area contributed by atoms with Crippen molar-refractivity contribution < 1.29 is 14.3 Å². The van der Waals surface area contributed by atoms with Crippen molar-refractivity contribution in [2.45, 2.75) is 6.54 Å². The monoisotopic (exact) mass is 362 g/mol. The Kier molecular flexibility index (Phi) is 5.67. The normalized spacial score (nSPS) is 14.2. The molecule has 1 saturated heterocycles. The fraction of sp³-hybridized carbons (Fsp3) is 0.353. The van der Waals surface area contributed by atoms with Gasteiger partial charge in [0.25, 0.3) is 5.91 Å². The number of rotatable bonds is 5. The van der Waals surface area contributed by atoms with E-state index in [4.69, 9.17) is 21.1 Å². The highest BCUT2D eigenvalue weighted by molar-refractivity contribution is 6.31. The van der Waals surface area contributed by atoms with Crippen LogP contribution in [-0.4, -0.2) is 49.3 Å². The van der Waals surface area contributed by atoms with Crippen molar-refractivity contribution in [3.05, 3.63) is 46.7 Å². The summed E-state index contributed by atoms with van der Waals surface area (Å²) in [5.41, 5.74) is 1.11. The van der Waals surface area contributed by atoms with Crippen LogP contribution in [0.3, 0.4) is 0 Å². The van der Waals surface area contributed by atoms with Gasteiger partial charge in [0.15, 0.2) is 0 Å². The number of nitrogens with zero attached hydrogens (tertiary/aromatic N) is 3. The molecule has 25 heavy (non-hydrogen) atoms. The molecule has 0 saturated carbocycles. The first-order chi connectivity index (χ1) is 12.2. The Morgan fingerprint density at radius 3 is 2.92 bits per heavy atom. The second kappa shape index (κ2) is 8.13. The molecule has 1 N–H and O–H groups in total. The Morgan fingerprint density at radius 2 is 2.16 bits per heavy atom. The van der Waals surface area contributed by atoms with Crippen molar-refractivity contribution in [3.8, 4) is 5.75 Å². The maximum atomic E-state index is 12.4. The number of amides is 1. The van der Waals surface area contributed by atoms with E-state index in [1.54, 1.807) is 30.5 Å². The zero-order valence-corrected chi connectivity index (χ0v) is 14.6. The van der Waals surface area contributed by atoms with E-state index in [-0.39, 0.29) is 12.5 Å². The predicted molar refractivity (Wildman–Crippen MR) is 94.2 cm³/mol. The minimum absolute atomic E-state index is 0.272. The van der Waals surface area contributed by atoms with Crippen molar-refractivity contribution in [1.29, 1.82) is 0 Å². The topological polar surface area (TPSA) is 76.6 Å². The molecule has 0 unspecified atom stereocenters. The molecule has 132 valence electrons. The van der Waals surface area contributed by atoms with Crippen LogP contribution in [0.4, 0.5) is 5.95 Å². The lowest BCUT2D eigenvalue weighted by Gasteiger charge is -2.26. The van der Waals surface area contributed by atoms with Crippen LogP contribution >= 0.6 is 11.6 Å². The molecule has 3 rings (SSSR count). The van der Waals surface area contributed by atoms with Gasteiger partial charge in [0.1, 0.15) is 5.75 Å².